The maximum Gasteiger partial charge on any atom is 0.290 e. The Bertz CT molecular complexity index is 752. The molecule has 0 bridgehead atoms. The van der Waals surface area contributed by atoms with Crippen molar-refractivity contribution in [2.45, 2.75) is 44.8 Å². The Morgan fingerprint density at radius 1 is 1.30 bits per heavy atom. The van der Waals surface area contributed by atoms with Gasteiger partial charge in [0.05, 0.1) is 18.8 Å². The second kappa shape index (κ2) is 5.95. The van der Waals surface area contributed by atoms with E-state index in [1.165, 1.54) is 12.8 Å². The van der Waals surface area contributed by atoms with Crippen LogP contribution in [-0.2, 0) is 4.74 Å². The minimum atomic E-state index is 0.00928. The monoisotopic (exact) mass is 377 g/mol. The predicted molar refractivity (Wildman–Crippen MR) is 91.7 cm³/mol. The van der Waals surface area contributed by atoms with Gasteiger partial charge in [-0.15, -0.1) is 0 Å². The highest BCUT2D eigenvalue weighted by Crippen LogP contribution is 2.33. The van der Waals surface area contributed by atoms with Crippen LogP contribution in [0, 0.1) is 6.92 Å². The first-order valence-corrected chi connectivity index (χ1v) is 9.05. The predicted octanol–water partition coefficient (Wildman–Crippen LogP) is 4.29. The SMILES string of the molecule is Cc1c(C(=O)N2CCOC3CCCCC32)oc2ccc(Br)cc12. The zero-order valence-corrected chi connectivity index (χ0v) is 14.8. The van der Waals surface area contributed by atoms with Crippen molar-refractivity contribution < 1.29 is 13.9 Å². The molecular formula is C18H20BrNO3. The number of hydrogen-bond donors (Lipinski definition) is 0. The summed E-state index contributed by atoms with van der Waals surface area (Å²) in [5, 5.41) is 0.996. The van der Waals surface area contributed by atoms with E-state index in [2.05, 4.69) is 15.9 Å². The number of carbonyl (C=O) groups is 1. The van der Waals surface area contributed by atoms with Crippen molar-refractivity contribution in [2.24, 2.45) is 0 Å². The second-order valence-corrected chi connectivity index (χ2v) is 7.37. The molecule has 2 fully saturated rings. The van der Waals surface area contributed by atoms with Gasteiger partial charge in [0.25, 0.3) is 5.91 Å². The number of furan rings is 1. The molecule has 0 N–H and O–H groups in total. The molecule has 0 radical (unpaired) electrons. The molecule has 2 heterocycles. The van der Waals surface area contributed by atoms with Crippen molar-refractivity contribution in [1.29, 1.82) is 0 Å². The summed E-state index contributed by atoms with van der Waals surface area (Å²) in [7, 11) is 0. The summed E-state index contributed by atoms with van der Waals surface area (Å²) in [5.74, 6) is 0.486. The van der Waals surface area contributed by atoms with Gasteiger partial charge in [-0.25, -0.2) is 0 Å². The topological polar surface area (TPSA) is 42.7 Å². The van der Waals surface area contributed by atoms with Crippen LogP contribution < -0.4 is 0 Å². The van der Waals surface area contributed by atoms with E-state index < -0.39 is 0 Å². The lowest BCUT2D eigenvalue weighted by atomic mass is 9.90. The summed E-state index contributed by atoms with van der Waals surface area (Å²) >= 11 is 3.48. The van der Waals surface area contributed by atoms with Crippen molar-refractivity contribution in [3.8, 4) is 0 Å². The first-order chi connectivity index (χ1) is 11.1. The average molecular weight is 378 g/mol. The lowest BCUT2D eigenvalue weighted by Gasteiger charge is -2.43. The van der Waals surface area contributed by atoms with E-state index in [1.54, 1.807) is 0 Å². The fourth-order valence-corrected chi connectivity index (χ4v) is 4.24. The summed E-state index contributed by atoms with van der Waals surface area (Å²) in [6, 6.07) is 6.05. The maximum absolute atomic E-state index is 13.1. The molecule has 1 saturated heterocycles. The Balaban J connectivity index is 1.69. The van der Waals surface area contributed by atoms with Gasteiger partial charge in [0.1, 0.15) is 5.58 Å². The summed E-state index contributed by atoms with van der Waals surface area (Å²) in [5.41, 5.74) is 1.69. The molecule has 2 aromatic rings. The smallest absolute Gasteiger partial charge is 0.290 e. The number of rotatable bonds is 1. The molecule has 0 spiro atoms. The van der Waals surface area contributed by atoms with Gasteiger partial charge < -0.3 is 14.1 Å². The third-order valence-electron chi connectivity index (χ3n) is 5.09. The Hall–Kier alpha value is -1.33. The number of fused-ring (bicyclic) bond motifs is 2. The first-order valence-electron chi connectivity index (χ1n) is 8.26. The summed E-state index contributed by atoms with van der Waals surface area (Å²) in [6.45, 7) is 3.24. The van der Waals surface area contributed by atoms with Gasteiger partial charge in [-0.2, -0.15) is 0 Å². The third kappa shape index (κ3) is 2.60. The van der Waals surface area contributed by atoms with Crippen molar-refractivity contribution in [3.63, 3.8) is 0 Å². The molecule has 1 aromatic heterocycles. The Labute approximate surface area is 143 Å². The number of halogens is 1. The van der Waals surface area contributed by atoms with Gasteiger partial charge in [-0.1, -0.05) is 28.8 Å². The third-order valence-corrected chi connectivity index (χ3v) is 5.58. The minimum absolute atomic E-state index is 0.00928. The molecule has 5 heteroatoms. The van der Waals surface area contributed by atoms with E-state index in [0.29, 0.717) is 18.9 Å². The van der Waals surface area contributed by atoms with E-state index in [1.807, 2.05) is 30.0 Å². The van der Waals surface area contributed by atoms with Gasteiger partial charge in [0.2, 0.25) is 0 Å². The highest BCUT2D eigenvalue weighted by Gasteiger charge is 2.38. The first kappa shape index (κ1) is 15.2. The van der Waals surface area contributed by atoms with Crippen LogP contribution in [0.1, 0.15) is 41.8 Å². The van der Waals surface area contributed by atoms with Gasteiger partial charge in [-0.05, 0) is 38.0 Å². The number of hydrogen-bond acceptors (Lipinski definition) is 3. The van der Waals surface area contributed by atoms with Crippen LogP contribution >= 0.6 is 15.9 Å². The van der Waals surface area contributed by atoms with Gasteiger partial charge >= 0.3 is 0 Å². The molecule has 2 atom stereocenters. The molecule has 1 saturated carbocycles. The summed E-state index contributed by atoms with van der Waals surface area (Å²) < 4.78 is 12.8. The summed E-state index contributed by atoms with van der Waals surface area (Å²) in [6.07, 6.45) is 4.64. The van der Waals surface area contributed by atoms with E-state index in [4.69, 9.17) is 9.15 Å². The molecule has 4 rings (SSSR count). The molecule has 1 aliphatic carbocycles. The number of amides is 1. The molecule has 1 amide bonds. The molecule has 122 valence electrons. The van der Waals surface area contributed by atoms with Crippen LogP contribution in [0.15, 0.2) is 27.1 Å². The van der Waals surface area contributed by atoms with Gasteiger partial charge in [-0.3, -0.25) is 4.79 Å². The van der Waals surface area contributed by atoms with Gasteiger partial charge in [0, 0.05) is 22.0 Å². The van der Waals surface area contributed by atoms with E-state index in [-0.39, 0.29) is 18.1 Å². The Kier molecular flexibility index (Phi) is 3.93. The van der Waals surface area contributed by atoms with Crippen molar-refractivity contribution in [2.75, 3.05) is 13.2 Å². The minimum Gasteiger partial charge on any atom is -0.451 e. The lowest BCUT2D eigenvalue weighted by molar-refractivity contribution is -0.0759. The molecule has 2 unspecified atom stereocenters. The van der Waals surface area contributed by atoms with Crippen LogP contribution in [0.2, 0.25) is 0 Å². The zero-order chi connectivity index (χ0) is 16.0. The van der Waals surface area contributed by atoms with E-state index in [0.717, 1.165) is 33.8 Å². The molecule has 1 aliphatic heterocycles. The normalized spacial score (nSPS) is 24.7. The standard InChI is InChI=1S/C18H20BrNO3/c1-11-13-10-12(19)6-7-15(13)23-17(11)18(21)20-8-9-22-16-5-3-2-4-14(16)20/h6-7,10,14,16H,2-5,8-9H2,1H3. The zero-order valence-electron chi connectivity index (χ0n) is 13.2. The fourth-order valence-electron chi connectivity index (χ4n) is 3.88. The van der Waals surface area contributed by atoms with Crippen molar-refractivity contribution in [3.05, 3.63) is 34.0 Å². The van der Waals surface area contributed by atoms with E-state index >= 15 is 0 Å². The maximum atomic E-state index is 13.1. The lowest BCUT2D eigenvalue weighted by Crippen LogP contribution is -2.54. The van der Waals surface area contributed by atoms with Crippen molar-refractivity contribution >= 4 is 32.8 Å². The van der Waals surface area contributed by atoms with Crippen LogP contribution in [0.25, 0.3) is 11.0 Å². The van der Waals surface area contributed by atoms with Crippen LogP contribution in [0.4, 0.5) is 0 Å². The molecular weight excluding hydrogens is 358 g/mol. The number of benzene rings is 1. The number of aryl methyl sites for hydroxylation is 1. The number of nitrogens with zero attached hydrogens (tertiary/aromatic N) is 1. The number of carbonyl (C=O) groups excluding carboxylic acids is 1. The van der Waals surface area contributed by atoms with Gasteiger partial charge in [0.15, 0.2) is 5.76 Å². The summed E-state index contributed by atoms with van der Waals surface area (Å²) in [4.78, 5) is 15.1. The quantitative estimate of drug-likeness (QED) is 0.744. The number of morpholine rings is 1. The Morgan fingerprint density at radius 3 is 3.00 bits per heavy atom. The van der Waals surface area contributed by atoms with Crippen LogP contribution in [0.5, 0.6) is 0 Å². The molecule has 1 aromatic carbocycles. The van der Waals surface area contributed by atoms with Crippen molar-refractivity contribution in [1.82, 2.24) is 4.90 Å². The molecule has 4 nitrogen and oxygen atoms in total. The highest BCUT2D eigenvalue weighted by molar-refractivity contribution is 9.10. The Morgan fingerprint density at radius 2 is 2.13 bits per heavy atom. The number of ether oxygens (including phenoxy) is 1. The molecule has 2 aliphatic rings. The molecule has 23 heavy (non-hydrogen) atoms. The van der Waals surface area contributed by atoms with Crippen LogP contribution in [0.3, 0.4) is 0 Å². The fraction of sp³-hybridized carbons (Fsp3) is 0.500. The van der Waals surface area contributed by atoms with Crippen LogP contribution in [-0.4, -0.2) is 36.1 Å². The largest absolute Gasteiger partial charge is 0.451 e. The highest BCUT2D eigenvalue weighted by atomic mass is 79.9. The second-order valence-electron chi connectivity index (χ2n) is 6.46. The average Bonchev–Trinajstić information content (AvgIpc) is 2.90. The van der Waals surface area contributed by atoms with E-state index in [9.17, 15) is 4.79 Å².